The van der Waals surface area contributed by atoms with Crippen molar-refractivity contribution in [1.82, 2.24) is 30.2 Å². The number of anilines is 1. The first-order valence-electron chi connectivity index (χ1n) is 8.80. The summed E-state index contributed by atoms with van der Waals surface area (Å²) < 4.78 is 1.69. The zero-order chi connectivity index (χ0) is 19.7. The molecular weight excluding hydrogens is 358 g/mol. The molecule has 28 heavy (non-hydrogen) atoms. The number of tetrazole rings is 1. The molecule has 0 saturated heterocycles. The van der Waals surface area contributed by atoms with E-state index in [1.165, 1.54) is 0 Å². The highest BCUT2D eigenvalue weighted by molar-refractivity contribution is 6.05. The summed E-state index contributed by atoms with van der Waals surface area (Å²) in [5, 5.41) is 23.9. The fourth-order valence-electron chi connectivity index (χ4n) is 2.84. The van der Waals surface area contributed by atoms with Gasteiger partial charge in [-0.1, -0.05) is 12.1 Å². The first kappa shape index (κ1) is 17.8. The number of benzene rings is 2. The number of nitrogens with one attached hydrogen (secondary N) is 2. The van der Waals surface area contributed by atoms with Gasteiger partial charge in [-0.05, 0) is 60.2 Å². The molecule has 1 unspecified atom stereocenters. The number of hydrogen-bond donors (Lipinski definition) is 3. The number of rotatable bonds is 5. The predicted octanol–water partition coefficient (Wildman–Crippen LogP) is 2.21. The summed E-state index contributed by atoms with van der Waals surface area (Å²) in [4.78, 5) is 19.9. The van der Waals surface area contributed by atoms with Gasteiger partial charge in [0.25, 0.3) is 5.91 Å². The topological polar surface area (TPSA) is 122 Å². The van der Waals surface area contributed by atoms with Crippen molar-refractivity contribution in [2.24, 2.45) is 0 Å². The summed E-state index contributed by atoms with van der Waals surface area (Å²) in [6.07, 6.45) is -0.680. The van der Waals surface area contributed by atoms with Crippen LogP contribution in [-0.2, 0) is 6.54 Å². The first-order valence-corrected chi connectivity index (χ1v) is 8.80. The minimum atomic E-state index is -0.680. The van der Waals surface area contributed by atoms with E-state index in [0.717, 1.165) is 22.4 Å². The lowest BCUT2D eigenvalue weighted by Gasteiger charge is -2.07. The van der Waals surface area contributed by atoms with Crippen LogP contribution >= 0.6 is 0 Å². The SMILES string of the molecule is Cc1nnnn1Cc1ccc(C(=O)Nc2ccc3nc(C(C)O)[nH]c3c2)cc1. The van der Waals surface area contributed by atoms with Crippen LogP contribution < -0.4 is 5.32 Å². The summed E-state index contributed by atoms with van der Waals surface area (Å²) in [5.41, 5.74) is 3.67. The second-order valence-corrected chi connectivity index (χ2v) is 6.56. The number of aromatic amines is 1. The molecule has 0 saturated carbocycles. The van der Waals surface area contributed by atoms with E-state index in [1.807, 2.05) is 19.1 Å². The van der Waals surface area contributed by atoms with Crippen molar-refractivity contribution >= 4 is 22.6 Å². The van der Waals surface area contributed by atoms with E-state index >= 15 is 0 Å². The van der Waals surface area contributed by atoms with Crippen LogP contribution in [0, 0.1) is 6.92 Å². The van der Waals surface area contributed by atoms with Gasteiger partial charge in [-0.2, -0.15) is 0 Å². The zero-order valence-electron chi connectivity index (χ0n) is 15.4. The molecule has 2 heterocycles. The maximum atomic E-state index is 12.5. The van der Waals surface area contributed by atoms with Crippen molar-refractivity contribution in [3.63, 3.8) is 0 Å². The fourth-order valence-corrected chi connectivity index (χ4v) is 2.84. The molecule has 9 nitrogen and oxygen atoms in total. The number of aliphatic hydroxyl groups is 1. The zero-order valence-corrected chi connectivity index (χ0v) is 15.4. The lowest BCUT2D eigenvalue weighted by Crippen LogP contribution is -2.12. The van der Waals surface area contributed by atoms with Crippen molar-refractivity contribution in [2.75, 3.05) is 5.32 Å². The molecule has 0 radical (unpaired) electrons. The molecule has 0 bridgehead atoms. The van der Waals surface area contributed by atoms with Crippen LogP contribution in [0.2, 0.25) is 0 Å². The molecule has 0 spiro atoms. The van der Waals surface area contributed by atoms with Crippen LogP contribution in [-0.4, -0.2) is 41.2 Å². The quantitative estimate of drug-likeness (QED) is 0.490. The Balaban J connectivity index is 1.47. The van der Waals surface area contributed by atoms with Gasteiger partial charge in [0.1, 0.15) is 17.8 Å². The Morgan fingerprint density at radius 3 is 2.71 bits per heavy atom. The summed E-state index contributed by atoms with van der Waals surface area (Å²) in [7, 11) is 0. The van der Waals surface area contributed by atoms with Crippen LogP contribution in [0.15, 0.2) is 42.5 Å². The van der Waals surface area contributed by atoms with Gasteiger partial charge in [0.2, 0.25) is 0 Å². The number of hydrogen-bond acceptors (Lipinski definition) is 6. The minimum absolute atomic E-state index is 0.209. The van der Waals surface area contributed by atoms with Crippen LogP contribution in [0.5, 0.6) is 0 Å². The standard InChI is InChI=1S/C19H19N7O2/c1-11(27)18-21-16-8-7-15(9-17(16)22-18)20-19(28)14-5-3-13(4-6-14)10-26-12(2)23-24-25-26/h3-9,11,27H,10H2,1-2H3,(H,20,28)(H,21,22). The molecule has 142 valence electrons. The maximum absolute atomic E-state index is 12.5. The normalized spacial score (nSPS) is 12.2. The van der Waals surface area contributed by atoms with E-state index < -0.39 is 6.10 Å². The van der Waals surface area contributed by atoms with Gasteiger partial charge in [-0.25, -0.2) is 9.67 Å². The van der Waals surface area contributed by atoms with Gasteiger partial charge < -0.3 is 15.4 Å². The predicted molar refractivity (Wildman–Crippen MR) is 103 cm³/mol. The highest BCUT2D eigenvalue weighted by atomic mass is 16.3. The number of carbonyl (C=O) groups is 1. The Hall–Kier alpha value is -3.59. The number of aliphatic hydroxyl groups excluding tert-OH is 1. The molecular formula is C19H19N7O2. The Bertz CT molecular complexity index is 1130. The van der Waals surface area contributed by atoms with Crippen LogP contribution in [0.1, 0.15) is 40.6 Å². The molecule has 9 heteroatoms. The summed E-state index contributed by atoms with van der Waals surface area (Å²) in [6.45, 7) is 4.02. The van der Waals surface area contributed by atoms with Gasteiger partial charge in [0.05, 0.1) is 17.6 Å². The molecule has 0 aliphatic heterocycles. The second kappa shape index (κ2) is 7.20. The maximum Gasteiger partial charge on any atom is 0.255 e. The first-order chi connectivity index (χ1) is 13.5. The molecule has 2 aromatic heterocycles. The van der Waals surface area contributed by atoms with Crippen LogP contribution in [0.4, 0.5) is 5.69 Å². The Kier molecular flexibility index (Phi) is 4.58. The van der Waals surface area contributed by atoms with E-state index in [-0.39, 0.29) is 5.91 Å². The number of aryl methyl sites for hydroxylation is 1. The van der Waals surface area contributed by atoms with Crippen molar-refractivity contribution in [2.45, 2.75) is 26.5 Å². The van der Waals surface area contributed by atoms with Crippen molar-refractivity contribution in [3.05, 3.63) is 65.2 Å². The molecule has 1 atom stereocenters. The van der Waals surface area contributed by atoms with Crippen LogP contribution in [0.3, 0.4) is 0 Å². The number of fused-ring (bicyclic) bond motifs is 1. The summed E-state index contributed by atoms with van der Waals surface area (Å²) in [6, 6.07) is 12.7. The van der Waals surface area contributed by atoms with E-state index in [4.69, 9.17) is 0 Å². The highest BCUT2D eigenvalue weighted by Gasteiger charge is 2.11. The average Bonchev–Trinajstić information content (AvgIpc) is 3.28. The number of aromatic nitrogens is 6. The molecule has 3 N–H and O–H groups in total. The van der Waals surface area contributed by atoms with E-state index in [0.29, 0.717) is 23.6 Å². The monoisotopic (exact) mass is 377 g/mol. The average molecular weight is 377 g/mol. The number of nitrogens with zero attached hydrogens (tertiary/aromatic N) is 5. The summed E-state index contributed by atoms with van der Waals surface area (Å²) in [5.74, 6) is 1.02. The molecule has 1 amide bonds. The number of amides is 1. The molecule has 0 fully saturated rings. The molecule has 0 aliphatic rings. The molecule has 0 aliphatic carbocycles. The lowest BCUT2D eigenvalue weighted by molar-refractivity contribution is 0.102. The second-order valence-electron chi connectivity index (χ2n) is 6.56. The third-order valence-electron chi connectivity index (χ3n) is 4.41. The van der Waals surface area contributed by atoms with Crippen molar-refractivity contribution in [1.29, 1.82) is 0 Å². The van der Waals surface area contributed by atoms with Crippen LogP contribution in [0.25, 0.3) is 11.0 Å². The molecule has 4 aromatic rings. The van der Waals surface area contributed by atoms with Gasteiger partial charge >= 0.3 is 0 Å². The van der Waals surface area contributed by atoms with Gasteiger partial charge in [-0.3, -0.25) is 4.79 Å². The fraction of sp³-hybridized carbons (Fsp3) is 0.211. The Morgan fingerprint density at radius 1 is 1.25 bits per heavy atom. The number of carbonyl (C=O) groups excluding carboxylic acids is 1. The Labute approximate surface area is 160 Å². The molecule has 4 rings (SSSR count). The third kappa shape index (κ3) is 3.60. The minimum Gasteiger partial charge on any atom is -0.385 e. The summed E-state index contributed by atoms with van der Waals surface area (Å²) >= 11 is 0. The lowest BCUT2D eigenvalue weighted by atomic mass is 10.1. The highest BCUT2D eigenvalue weighted by Crippen LogP contribution is 2.20. The number of imidazole rings is 1. The van der Waals surface area contributed by atoms with Gasteiger partial charge in [0.15, 0.2) is 0 Å². The third-order valence-corrected chi connectivity index (χ3v) is 4.41. The van der Waals surface area contributed by atoms with E-state index in [9.17, 15) is 9.90 Å². The van der Waals surface area contributed by atoms with E-state index in [1.54, 1.807) is 41.9 Å². The van der Waals surface area contributed by atoms with Crippen molar-refractivity contribution in [3.8, 4) is 0 Å². The smallest absolute Gasteiger partial charge is 0.255 e. The van der Waals surface area contributed by atoms with Gasteiger partial charge in [-0.15, -0.1) is 5.10 Å². The van der Waals surface area contributed by atoms with Gasteiger partial charge in [0, 0.05) is 11.3 Å². The largest absolute Gasteiger partial charge is 0.385 e. The van der Waals surface area contributed by atoms with E-state index in [2.05, 4.69) is 30.8 Å². The Morgan fingerprint density at radius 2 is 2.04 bits per heavy atom. The van der Waals surface area contributed by atoms with Crippen molar-refractivity contribution < 1.29 is 9.90 Å². The number of H-pyrrole nitrogens is 1. The molecule has 2 aromatic carbocycles.